The van der Waals surface area contributed by atoms with Crippen LogP contribution in [0, 0.1) is 0 Å². The highest BCUT2D eigenvalue weighted by atomic mass is 16.5. The molecule has 0 amide bonds. The van der Waals surface area contributed by atoms with Gasteiger partial charge >= 0.3 is 0 Å². The molecule has 1 saturated heterocycles. The molecule has 1 fully saturated rings. The minimum absolute atomic E-state index is 0.494. The zero-order valence-corrected chi connectivity index (χ0v) is 14.0. The molecule has 1 aliphatic rings. The van der Waals surface area contributed by atoms with E-state index >= 15 is 0 Å². The lowest BCUT2D eigenvalue weighted by atomic mass is 10.1. The maximum absolute atomic E-state index is 5.90. The molecule has 0 aromatic rings. The van der Waals surface area contributed by atoms with Gasteiger partial charge in [-0.15, -0.1) is 0 Å². The highest BCUT2D eigenvalue weighted by Gasteiger charge is 2.19. The van der Waals surface area contributed by atoms with Crippen LogP contribution in [0.1, 0.15) is 65.7 Å². The molecule has 2 unspecified atom stereocenters. The van der Waals surface area contributed by atoms with Crippen LogP contribution in [0.2, 0.25) is 0 Å². The van der Waals surface area contributed by atoms with E-state index in [1.807, 2.05) is 0 Å². The summed E-state index contributed by atoms with van der Waals surface area (Å²) in [6, 6.07) is 0.678. The van der Waals surface area contributed by atoms with E-state index in [2.05, 4.69) is 31.0 Å². The van der Waals surface area contributed by atoms with Gasteiger partial charge in [0.1, 0.15) is 0 Å². The molecule has 3 heteroatoms. The summed E-state index contributed by atoms with van der Waals surface area (Å²) in [7, 11) is 0. The van der Waals surface area contributed by atoms with Gasteiger partial charge in [-0.25, -0.2) is 0 Å². The van der Waals surface area contributed by atoms with Crippen molar-refractivity contribution < 1.29 is 4.74 Å². The number of nitrogens with zero attached hydrogens (tertiary/aromatic N) is 1. The Hall–Kier alpha value is -0.120. The van der Waals surface area contributed by atoms with Crippen LogP contribution in [0.4, 0.5) is 0 Å². The number of nitrogens with one attached hydrogen (secondary N) is 1. The predicted molar refractivity (Wildman–Crippen MR) is 87.3 cm³/mol. The monoisotopic (exact) mass is 284 g/mol. The van der Waals surface area contributed by atoms with E-state index in [1.165, 1.54) is 51.6 Å². The molecule has 0 bridgehead atoms. The summed E-state index contributed by atoms with van der Waals surface area (Å²) in [5.41, 5.74) is 0. The Bertz CT molecular complexity index is 223. The van der Waals surface area contributed by atoms with E-state index in [0.717, 1.165) is 26.1 Å². The van der Waals surface area contributed by atoms with Crippen molar-refractivity contribution in [3.63, 3.8) is 0 Å². The van der Waals surface area contributed by atoms with Crippen LogP contribution in [-0.4, -0.2) is 49.8 Å². The SMILES string of the molecule is CCCNC(C)CCCCN1CCCC(OCCC)C1. The second kappa shape index (κ2) is 11.5. The summed E-state index contributed by atoms with van der Waals surface area (Å²) in [6.45, 7) is 12.5. The van der Waals surface area contributed by atoms with Crippen molar-refractivity contribution in [3.8, 4) is 0 Å². The molecule has 0 radical (unpaired) electrons. The quantitative estimate of drug-likeness (QED) is 0.588. The first kappa shape index (κ1) is 17.9. The van der Waals surface area contributed by atoms with Crippen LogP contribution in [0.25, 0.3) is 0 Å². The number of likely N-dealkylation sites (tertiary alicyclic amines) is 1. The van der Waals surface area contributed by atoms with Crippen LogP contribution >= 0.6 is 0 Å². The molecule has 0 aromatic carbocycles. The summed E-state index contributed by atoms with van der Waals surface area (Å²) in [4.78, 5) is 2.61. The second-order valence-corrected chi connectivity index (χ2v) is 6.29. The molecule has 3 nitrogen and oxygen atoms in total. The molecular formula is C17H36N2O. The smallest absolute Gasteiger partial charge is 0.0702 e. The molecule has 0 saturated carbocycles. The molecule has 0 aliphatic carbocycles. The molecular weight excluding hydrogens is 248 g/mol. The van der Waals surface area contributed by atoms with Gasteiger partial charge < -0.3 is 15.0 Å². The number of hydrogen-bond acceptors (Lipinski definition) is 3. The van der Waals surface area contributed by atoms with E-state index in [9.17, 15) is 0 Å². The number of ether oxygens (including phenoxy) is 1. The highest BCUT2D eigenvalue weighted by molar-refractivity contribution is 4.73. The van der Waals surface area contributed by atoms with Crippen molar-refractivity contribution in [2.45, 2.75) is 77.9 Å². The molecule has 0 spiro atoms. The molecule has 0 aromatic heterocycles. The fraction of sp³-hybridized carbons (Fsp3) is 1.00. The lowest BCUT2D eigenvalue weighted by Crippen LogP contribution is -2.40. The maximum atomic E-state index is 5.90. The minimum atomic E-state index is 0.494. The van der Waals surface area contributed by atoms with Gasteiger partial charge in [0.25, 0.3) is 0 Å². The third-order valence-electron chi connectivity index (χ3n) is 4.12. The molecule has 1 rings (SSSR count). The summed E-state index contributed by atoms with van der Waals surface area (Å²) in [5, 5.41) is 3.57. The van der Waals surface area contributed by atoms with Gasteiger partial charge in [-0.1, -0.05) is 20.3 Å². The van der Waals surface area contributed by atoms with E-state index in [0.29, 0.717) is 12.1 Å². The van der Waals surface area contributed by atoms with Crippen LogP contribution in [-0.2, 0) is 4.74 Å². The average Bonchev–Trinajstić information content (AvgIpc) is 2.48. The van der Waals surface area contributed by atoms with Gasteiger partial charge in [0.05, 0.1) is 6.10 Å². The van der Waals surface area contributed by atoms with Crippen molar-refractivity contribution in [2.75, 3.05) is 32.8 Å². The molecule has 1 heterocycles. The van der Waals surface area contributed by atoms with Gasteiger partial charge in [0, 0.05) is 19.2 Å². The van der Waals surface area contributed by atoms with Crippen LogP contribution in [0.5, 0.6) is 0 Å². The first-order valence-corrected chi connectivity index (χ1v) is 8.83. The summed E-state index contributed by atoms with van der Waals surface area (Å²) >= 11 is 0. The Morgan fingerprint density at radius 2 is 2.10 bits per heavy atom. The highest BCUT2D eigenvalue weighted by Crippen LogP contribution is 2.14. The molecule has 1 aliphatic heterocycles. The van der Waals surface area contributed by atoms with Crippen molar-refractivity contribution in [3.05, 3.63) is 0 Å². The zero-order valence-electron chi connectivity index (χ0n) is 14.0. The Morgan fingerprint density at radius 1 is 1.25 bits per heavy atom. The minimum Gasteiger partial charge on any atom is -0.377 e. The standard InChI is InChI=1S/C17H36N2O/c1-4-11-18-16(3)9-6-7-12-19-13-8-10-17(15-19)20-14-5-2/h16-18H,4-15H2,1-3H3. The summed E-state index contributed by atoms with van der Waals surface area (Å²) in [5.74, 6) is 0. The predicted octanol–water partition coefficient (Wildman–Crippen LogP) is 3.44. The third-order valence-corrected chi connectivity index (χ3v) is 4.12. The van der Waals surface area contributed by atoms with Crippen molar-refractivity contribution in [1.82, 2.24) is 10.2 Å². The molecule has 20 heavy (non-hydrogen) atoms. The normalized spacial score (nSPS) is 22.1. The summed E-state index contributed by atoms with van der Waals surface area (Å²) in [6.07, 6.45) is 9.42. The molecule has 120 valence electrons. The van der Waals surface area contributed by atoms with Gasteiger partial charge in [0.15, 0.2) is 0 Å². The number of unbranched alkanes of at least 4 members (excludes halogenated alkanes) is 1. The van der Waals surface area contributed by atoms with Crippen molar-refractivity contribution in [2.24, 2.45) is 0 Å². The average molecular weight is 284 g/mol. The zero-order chi connectivity index (χ0) is 14.6. The molecule has 2 atom stereocenters. The first-order valence-electron chi connectivity index (χ1n) is 8.83. The van der Waals surface area contributed by atoms with E-state index < -0.39 is 0 Å². The largest absolute Gasteiger partial charge is 0.377 e. The Labute approximate surface area is 126 Å². The summed E-state index contributed by atoms with van der Waals surface area (Å²) < 4.78 is 5.90. The van der Waals surface area contributed by atoms with E-state index in [-0.39, 0.29) is 0 Å². The van der Waals surface area contributed by atoms with Crippen LogP contribution < -0.4 is 5.32 Å². The number of piperidine rings is 1. The number of hydrogen-bond donors (Lipinski definition) is 1. The fourth-order valence-electron chi connectivity index (χ4n) is 2.92. The topological polar surface area (TPSA) is 24.5 Å². The lowest BCUT2D eigenvalue weighted by Gasteiger charge is -2.32. The van der Waals surface area contributed by atoms with E-state index in [1.54, 1.807) is 0 Å². The Balaban J connectivity index is 2.03. The Kier molecular flexibility index (Phi) is 10.3. The Morgan fingerprint density at radius 3 is 2.85 bits per heavy atom. The molecule has 1 N–H and O–H groups in total. The van der Waals surface area contributed by atoms with Crippen molar-refractivity contribution in [1.29, 1.82) is 0 Å². The fourth-order valence-corrected chi connectivity index (χ4v) is 2.92. The van der Waals surface area contributed by atoms with Gasteiger partial charge in [-0.05, 0) is 65.1 Å². The van der Waals surface area contributed by atoms with E-state index in [4.69, 9.17) is 4.74 Å². The third kappa shape index (κ3) is 8.23. The van der Waals surface area contributed by atoms with Gasteiger partial charge in [0.2, 0.25) is 0 Å². The van der Waals surface area contributed by atoms with Crippen molar-refractivity contribution >= 4 is 0 Å². The number of rotatable bonds is 11. The van der Waals surface area contributed by atoms with Crippen LogP contribution in [0.15, 0.2) is 0 Å². The second-order valence-electron chi connectivity index (χ2n) is 6.29. The lowest BCUT2D eigenvalue weighted by molar-refractivity contribution is -0.000387. The maximum Gasteiger partial charge on any atom is 0.0702 e. The van der Waals surface area contributed by atoms with Gasteiger partial charge in [-0.2, -0.15) is 0 Å². The van der Waals surface area contributed by atoms with Crippen LogP contribution in [0.3, 0.4) is 0 Å². The van der Waals surface area contributed by atoms with Gasteiger partial charge in [-0.3, -0.25) is 0 Å². The first-order chi connectivity index (χ1) is 9.76.